The van der Waals surface area contributed by atoms with Crippen LogP contribution in [0.4, 0.5) is 11.5 Å². The molecule has 0 aliphatic carbocycles. The number of aromatic nitrogens is 1. The molecule has 0 atom stereocenters. The molecule has 1 N–H and O–H groups in total. The Morgan fingerprint density at radius 3 is 2.57 bits per heavy atom. The topological polar surface area (TPSA) is 37.4 Å². The molecule has 1 aromatic carbocycles. The summed E-state index contributed by atoms with van der Waals surface area (Å²) in [6, 6.07) is 14.2. The third-order valence-corrected chi connectivity index (χ3v) is 3.28. The average Bonchev–Trinajstić information content (AvgIpc) is 2.53. The largest absolute Gasteiger partial charge is 0.497 e. The molecule has 2 aromatic rings. The molecular formula is C17H23N3O. The van der Waals surface area contributed by atoms with Gasteiger partial charge in [0.15, 0.2) is 0 Å². The number of benzene rings is 1. The van der Waals surface area contributed by atoms with Crippen molar-refractivity contribution < 1.29 is 4.74 Å². The van der Waals surface area contributed by atoms with E-state index in [2.05, 4.69) is 47.4 Å². The minimum Gasteiger partial charge on any atom is -0.497 e. The molecule has 2 rings (SSSR count). The van der Waals surface area contributed by atoms with Crippen LogP contribution >= 0.6 is 0 Å². The fraction of sp³-hybridized carbons (Fsp3) is 0.353. The lowest BCUT2D eigenvalue weighted by atomic mass is 10.2. The first-order valence-electron chi connectivity index (χ1n) is 7.28. The van der Waals surface area contributed by atoms with Gasteiger partial charge in [-0.2, -0.15) is 0 Å². The highest BCUT2D eigenvalue weighted by molar-refractivity contribution is 5.48. The zero-order valence-corrected chi connectivity index (χ0v) is 13.0. The predicted molar refractivity (Wildman–Crippen MR) is 88.1 cm³/mol. The number of ether oxygens (including phenoxy) is 1. The van der Waals surface area contributed by atoms with Crippen LogP contribution in [-0.4, -0.2) is 25.7 Å². The van der Waals surface area contributed by atoms with E-state index >= 15 is 0 Å². The van der Waals surface area contributed by atoms with Crippen LogP contribution < -0.4 is 15.0 Å². The van der Waals surface area contributed by atoms with Crippen LogP contribution in [0.15, 0.2) is 42.5 Å². The highest BCUT2D eigenvalue weighted by atomic mass is 16.5. The fourth-order valence-corrected chi connectivity index (χ4v) is 2.09. The van der Waals surface area contributed by atoms with E-state index in [1.165, 1.54) is 0 Å². The molecule has 0 aliphatic rings. The molecular weight excluding hydrogens is 262 g/mol. The van der Waals surface area contributed by atoms with E-state index < -0.39 is 0 Å². The number of anilines is 2. The van der Waals surface area contributed by atoms with Crippen molar-refractivity contribution in [3.8, 4) is 5.75 Å². The first kappa shape index (κ1) is 15.2. The Hall–Kier alpha value is -2.23. The molecule has 0 saturated carbocycles. The second-order valence-corrected chi connectivity index (χ2v) is 5.00. The van der Waals surface area contributed by atoms with Gasteiger partial charge in [-0.05, 0) is 42.8 Å². The summed E-state index contributed by atoms with van der Waals surface area (Å²) < 4.78 is 5.18. The van der Waals surface area contributed by atoms with Gasteiger partial charge < -0.3 is 15.0 Å². The molecule has 0 saturated heterocycles. The Morgan fingerprint density at radius 1 is 1.14 bits per heavy atom. The maximum Gasteiger partial charge on any atom is 0.126 e. The van der Waals surface area contributed by atoms with E-state index in [1.54, 1.807) is 7.11 Å². The normalized spacial score (nSPS) is 10.2. The van der Waals surface area contributed by atoms with Gasteiger partial charge in [0.1, 0.15) is 11.6 Å². The van der Waals surface area contributed by atoms with Crippen molar-refractivity contribution in [1.29, 1.82) is 0 Å². The zero-order chi connectivity index (χ0) is 15.1. The Bertz CT molecular complexity index is 554. The molecule has 21 heavy (non-hydrogen) atoms. The second-order valence-electron chi connectivity index (χ2n) is 5.00. The monoisotopic (exact) mass is 285 g/mol. The summed E-state index contributed by atoms with van der Waals surface area (Å²) in [6.45, 7) is 3.87. The summed E-state index contributed by atoms with van der Waals surface area (Å²) in [6.07, 6.45) is 1.09. The van der Waals surface area contributed by atoms with Crippen LogP contribution in [0.5, 0.6) is 5.75 Å². The lowest BCUT2D eigenvalue weighted by Gasteiger charge is -2.19. The standard InChI is InChI=1S/C17H23N3O/c1-4-12-18-17-7-5-6-14(19-17)13-20(2)15-8-10-16(21-3)11-9-15/h5-11H,4,12-13H2,1-3H3,(H,18,19). The molecule has 4 nitrogen and oxygen atoms in total. The third-order valence-electron chi connectivity index (χ3n) is 3.28. The summed E-state index contributed by atoms with van der Waals surface area (Å²) in [5.74, 6) is 1.81. The molecule has 0 bridgehead atoms. The summed E-state index contributed by atoms with van der Waals surface area (Å²) in [4.78, 5) is 6.80. The Balaban J connectivity index is 2.02. The molecule has 4 heteroatoms. The number of nitrogens with one attached hydrogen (secondary N) is 1. The molecule has 0 fully saturated rings. The number of nitrogens with zero attached hydrogens (tertiary/aromatic N) is 2. The van der Waals surface area contributed by atoms with Crippen LogP contribution in [0.25, 0.3) is 0 Å². The average molecular weight is 285 g/mol. The maximum atomic E-state index is 5.18. The van der Waals surface area contributed by atoms with Crippen molar-refractivity contribution in [3.63, 3.8) is 0 Å². The minimum atomic E-state index is 0.772. The van der Waals surface area contributed by atoms with Gasteiger partial charge in [-0.15, -0.1) is 0 Å². The molecule has 0 unspecified atom stereocenters. The predicted octanol–water partition coefficient (Wildman–Crippen LogP) is 3.55. The minimum absolute atomic E-state index is 0.772. The smallest absolute Gasteiger partial charge is 0.126 e. The Kier molecular flexibility index (Phi) is 5.43. The van der Waals surface area contributed by atoms with Crippen molar-refractivity contribution in [3.05, 3.63) is 48.2 Å². The summed E-state index contributed by atoms with van der Waals surface area (Å²) in [7, 11) is 3.74. The van der Waals surface area contributed by atoms with Crippen molar-refractivity contribution >= 4 is 11.5 Å². The fourth-order valence-electron chi connectivity index (χ4n) is 2.09. The maximum absolute atomic E-state index is 5.18. The van der Waals surface area contributed by atoms with E-state index in [0.717, 1.165) is 42.5 Å². The highest BCUT2D eigenvalue weighted by Gasteiger charge is 2.04. The molecule has 0 radical (unpaired) electrons. The molecule has 1 heterocycles. The first-order chi connectivity index (χ1) is 10.2. The van der Waals surface area contributed by atoms with E-state index in [4.69, 9.17) is 4.74 Å². The number of hydrogen-bond acceptors (Lipinski definition) is 4. The molecule has 1 aromatic heterocycles. The van der Waals surface area contributed by atoms with Gasteiger partial charge in [0.05, 0.1) is 19.3 Å². The van der Waals surface area contributed by atoms with Gasteiger partial charge in [-0.25, -0.2) is 4.98 Å². The Morgan fingerprint density at radius 2 is 1.90 bits per heavy atom. The van der Waals surface area contributed by atoms with E-state index in [1.807, 2.05) is 24.3 Å². The first-order valence-corrected chi connectivity index (χ1v) is 7.28. The Labute approximate surface area is 126 Å². The van der Waals surface area contributed by atoms with Crippen molar-refractivity contribution in [1.82, 2.24) is 4.98 Å². The quantitative estimate of drug-likeness (QED) is 0.844. The van der Waals surface area contributed by atoms with E-state index in [-0.39, 0.29) is 0 Å². The van der Waals surface area contributed by atoms with Crippen LogP contribution in [0.3, 0.4) is 0 Å². The van der Waals surface area contributed by atoms with Crippen LogP contribution in [0.2, 0.25) is 0 Å². The SMILES string of the molecule is CCCNc1cccc(CN(C)c2ccc(OC)cc2)n1. The van der Waals surface area contributed by atoms with Crippen molar-refractivity contribution in [2.24, 2.45) is 0 Å². The van der Waals surface area contributed by atoms with Gasteiger partial charge >= 0.3 is 0 Å². The second kappa shape index (κ2) is 7.53. The van der Waals surface area contributed by atoms with Gasteiger partial charge in [0.25, 0.3) is 0 Å². The molecule has 0 aliphatic heterocycles. The summed E-state index contributed by atoms with van der Waals surface area (Å²) in [5, 5.41) is 3.32. The zero-order valence-electron chi connectivity index (χ0n) is 13.0. The summed E-state index contributed by atoms with van der Waals surface area (Å²) >= 11 is 0. The lowest BCUT2D eigenvalue weighted by Crippen LogP contribution is -2.17. The van der Waals surface area contributed by atoms with E-state index in [9.17, 15) is 0 Å². The molecule has 0 amide bonds. The number of rotatable bonds is 7. The lowest BCUT2D eigenvalue weighted by molar-refractivity contribution is 0.415. The van der Waals surface area contributed by atoms with Gasteiger partial charge in [0.2, 0.25) is 0 Å². The van der Waals surface area contributed by atoms with Crippen molar-refractivity contribution in [2.45, 2.75) is 19.9 Å². The van der Waals surface area contributed by atoms with Crippen LogP contribution in [0, 0.1) is 0 Å². The number of pyridine rings is 1. The molecule has 112 valence electrons. The molecule has 0 spiro atoms. The van der Waals surface area contributed by atoms with Gasteiger partial charge in [0, 0.05) is 19.3 Å². The van der Waals surface area contributed by atoms with Crippen LogP contribution in [-0.2, 0) is 6.54 Å². The van der Waals surface area contributed by atoms with Crippen LogP contribution in [0.1, 0.15) is 19.0 Å². The van der Waals surface area contributed by atoms with Gasteiger partial charge in [-0.1, -0.05) is 13.0 Å². The number of hydrogen-bond donors (Lipinski definition) is 1. The van der Waals surface area contributed by atoms with E-state index in [0.29, 0.717) is 0 Å². The van der Waals surface area contributed by atoms with Gasteiger partial charge in [-0.3, -0.25) is 0 Å². The third kappa shape index (κ3) is 4.38. The summed E-state index contributed by atoms with van der Waals surface area (Å²) in [5.41, 5.74) is 2.19. The van der Waals surface area contributed by atoms with Crippen molar-refractivity contribution in [2.75, 3.05) is 30.9 Å². The highest BCUT2D eigenvalue weighted by Crippen LogP contribution is 2.19. The number of methoxy groups -OCH3 is 1.